The van der Waals surface area contributed by atoms with Crippen LogP contribution in [0.15, 0.2) is 4.99 Å². The van der Waals surface area contributed by atoms with Crippen molar-refractivity contribution in [2.45, 2.75) is 19.1 Å². The molecule has 1 aliphatic rings. The Labute approximate surface area is 108 Å². The quantitative estimate of drug-likeness (QED) is 0.586. The van der Waals surface area contributed by atoms with E-state index in [1.807, 2.05) is 16.7 Å². The van der Waals surface area contributed by atoms with E-state index in [0.717, 1.165) is 24.6 Å². The van der Waals surface area contributed by atoms with Gasteiger partial charge in [0, 0.05) is 24.6 Å². The van der Waals surface area contributed by atoms with Crippen LogP contribution in [0.3, 0.4) is 0 Å². The fourth-order valence-electron chi connectivity index (χ4n) is 1.42. The molecule has 0 atom stereocenters. The largest absolute Gasteiger partial charge is 0.370 e. The summed E-state index contributed by atoms with van der Waals surface area (Å²) in [5.41, 5.74) is 5.83. The standard InChI is InChI=1S/C10H21N3O2S2/c1-9(2)17(14,15)8-3-12-10(11)13-4-6-16-7-5-13/h9H,3-8H2,1-2H3,(H2,11,12). The van der Waals surface area contributed by atoms with Gasteiger partial charge in [0.05, 0.1) is 17.5 Å². The van der Waals surface area contributed by atoms with Crippen molar-refractivity contribution in [2.75, 3.05) is 36.9 Å². The van der Waals surface area contributed by atoms with Crippen LogP contribution in [0.4, 0.5) is 0 Å². The molecule has 0 saturated carbocycles. The summed E-state index contributed by atoms with van der Waals surface area (Å²) in [5.74, 6) is 2.67. The van der Waals surface area contributed by atoms with E-state index in [1.54, 1.807) is 13.8 Å². The molecule has 100 valence electrons. The van der Waals surface area contributed by atoms with Crippen LogP contribution in [0.2, 0.25) is 0 Å². The van der Waals surface area contributed by atoms with Gasteiger partial charge in [-0.15, -0.1) is 0 Å². The topological polar surface area (TPSA) is 75.8 Å². The smallest absolute Gasteiger partial charge is 0.191 e. The van der Waals surface area contributed by atoms with Crippen molar-refractivity contribution in [3.8, 4) is 0 Å². The monoisotopic (exact) mass is 279 g/mol. The van der Waals surface area contributed by atoms with E-state index in [2.05, 4.69) is 4.99 Å². The third kappa shape index (κ3) is 4.75. The van der Waals surface area contributed by atoms with E-state index in [4.69, 9.17) is 5.73 Å². The van der Waals surface area contributed by atoms with E-state index >= 15 is 0 Å². The average Bonchev–Trinajstić information content (AvgIpc) is 2.29. The van der Waals surface area contributed by atoms with Crippen molar-refractivity contribution in [1.29, 1.82) is 0 Å². The van der Waals surface area contributed by atoms with E-state index in [1.165, 1.54) is 0 Å². The van der Waals surface area contributed by atoms with Crippen LogP contribution in [0.1, 0.15) is 13.8 Å². The zero-order valence-electron chi connectivity index (χ0n) is 10.4. The van der Waals surface area contributed by atoms with Crippen LogP contribution in [0.5, 0.6) is 0 Å². The summed E-state index contributed by atoms with van der Waals surface area (Å²) in [4.78, 5) is 6.16. The zero-order chi connectivity index (χ0) is 12.9. The molecule has 1 saturated heterocycles. The highest BCUT2D eigenvalue weighted by atomic mass is 32.2. The Bertz CT molecular complexity index is 360. The lowest BCUT2D eigenvalue weighted by Gasteiger charge is -2.27. The Morgan fingerprint density at radius 3 is 2.53 bits per heavy atom. The molecule has 0 radical (unpaired) electrons. The minimum absolute atomic E-state index is 0.0773. The second-order valence-corrected chi connectivity index (χ2v) is 8.16. The van der Waals surface area contributed by atoms with Gasteiger partial charge < -0.3 is 10.6 Å². The van der Waals surface area contributed by atoms with Crippen LogP contribution in [-0.4, -0.2) is 61.4 Å². The van der Waals surface area contributed by atoms with Crippen molar-refractivity contribution in [2.24, 2.45) is 10.7 Å². The molecule has 5 nitrogen and oxygen atoms in total. The van der Waals surface area contributed by atoms with Gasteiger partial charge in [0.15, 0.2) is 15.8 Å². The summed E-state index contributed by atoms with van der Waals surface area (Å²) >= 11 is 1.90. The number of aliphatic imine (C=N–C) groups is 1. The van der Waals surface area contributed by atoms with Gasteiger partial charge in [-0.2, -0.15) is 11.8 Å². The maximum atomic E-state index is 11.6. The second-order valence-electron chi connectivity index (χ2n) is 4.26. The SMILES string of the molecule is CC(C)S(=O)(=O)CCN=C(N)N1CCSCC1. The summed E-state index contributed by atoms with van der Waals surface area (Å²) in [6.45, 7) is 5.43. The van der Waals surface area contributed by atoms with Gasteiger partial charge in [-0.25, -0.2) is 8.42 Å². The number of nitrogens with two attached hydrogens (primary N) is 1. The van der Waals surface area contributed by atoms with Gasteiger partial charge in [0.1, 0.15) is 0 Å². The summed E-state index contributed by atoms with van der Waals surface area (Å²) in [5, 5.41) is -0.342. The van der Waals surface area contributed by atoms with Crippen molar-refractivity contribution in [3.63, 3.8) is 0 Å². The molecule has 2 N–H and O–H groups in total. The number of sulfone groups is 1. The normalized spacial score (nSPS) is 18.8. The maximum Gasteiger partial charge on any atom is 0.191 e. The molecule has 0 aromatic heterocycles. The van der Waals surface area contributed by atoms with Crippen LogP contribution >= 0.6 is 11.8 Å². The maximum absolute atomic E-state index is 11.6. The van der Waals surface area contributed by atoms with Crippen LogP contribution in [-0.2, 0) is 9.84 Å². The Morgan fingerprint density at radius 1 is 1.41 bits per heavy atom. The molecule has 0 spiro atoms. The highest BCUT2D eigenvalue weighted by Gasteiger charge is 2.16. The third-order valence-electron chi connectivity index (χ3n) is 2.70. The van der Waals surface area contributed by atoms with Crippen molar-refractivity contribution in [3.05, 3.63) is 0 Å². The van der Waals surface area contributed by atoms with E-state index in [9.17, 15) is 8.42 Å². The zero-order valence-corrected chi connectivity index (χ0v) is 12.1. The highest BCUT2D eigenvalue weighted by Crippen LogP contribution is 2.08. The third-order valence-corrected chi connectivity index (χ3v) is 5.83. The van der Waals surface area contributed by atoms with Crippen LogP contribution in [0.25, 0.3) is 0 Å². The predicted octanol–water partition coefficient (Wildman–Crippen LogP) is 0.173. The van der Waals surface area contributed by atoms with E-state index in [-0.39, 0.29) is 17.5 Å². The van der Waals surface area contributed by atoms with Crippen molar-refractivity contribution in [1.82, 2.24) is 4.90 Å². The number of nitrogens with zero attached hydrogens (tertiary/aromatic N) is 2. The molecule has 0 aromatic carbocycles. The van der Waals surface area contributed by atoms with Crippen molar-refractivity contribution < 1.29 is 8.42 Å². The van der Waals surface area contributed by atoms with Gasteiger partial charge >= 0.3 is 0 Å². The lowest BCUT2D eigenvalue weighted by atomic mass is 10.5. The Morgan fingerprint density at radius 2 is 2.00 bits per heavy atom. The first-order valence-corrected chi connectivity index (χ1v) is 8.64. The van der Waals surface area contributed by atoms with Gasteiger partial charge in [-0.05, 0) is 13.8 Å². The molecule has 0 amide bonds. The van der Waals surface area contributed by atoms with E-state index < -0.39 is 9.84 Å². The van der Waals surface area contributed by atoms with Gasteiger partial charge in [0.25, 0.3) is 0 Å². The molecule has 17 heavy (non-hydrogen) atoms. The van der Waals surface area contributed by atoms with Crippen molar-refractivity contribution >= 4 is 27.6 Å². The fraction of sp³-hybridized carbons (Fsp3) is 0.900. The summed E-state index contributed by atoms with van der Waals surface area (Å²) in [7, 11) is -3.01. The number of hydrogen-bond acceptors (Lipinski definition) is 4. The fourth-order valence-corrected chi connectivity index (χ4v) is 3.14. The van der Waals surface area contributed by atoms with E-state index in [0.29, 0.717) is 5.96 Å². The number of rotatable bonds is 4. The molecular formula is C10H21N3O2S2. The lowest BCUT2D eigenvalue weighted by Crippen LogP contribution is -2.42. The van der Waals surface area contributed by atoms with Crippen LogP contribution in [0, 0.1) is 0 Å². The molecule has 0 aromatic rings. The van der Waals surface area contributed by atoms with Gasteiger partial charge in [-0.3, -0.25) is 4.99 Å². The minimum atomic E-state index is -3.01. The minimum Gasteiger partial charge on any atom is -0.370 e. The number of hydrogen-bond donors (Lipinski definition) is 1. The summed E-state index contributed by atoms with van der Waals surface area (Å²) in [6.07, 6.45) is 0. The number of thioether (sulfide) groups is 1. The van der Waals surface area contributed by atoms with Gasteiger partial charge in [-0.1, -0.05) is 0 Å². The molecule has 1 aliphatic heterocycles. The molecule has 7 heteroatoms. The molecule has 0 aliphatic carbocycles. The molecule has 0 bridgehead atoms. The van der Waals surface area contributed by atoms with Crippen LogP contribution < -0.4 is 5.73 Å². The summed E-state index contributed by atoms with van der Waals surface area (Å²) in [6, 6.07) is 0. The highest BCUT2D eigenvalue weighted by molar-refractivity contribution is 7.99. The molecule has 1 fully saturated rings. The first kappa shape index (κ1) is 14.6. The molecule has 1 heterocycles. The summed E-state index contributed by atoms with van der Waals surface area (Å²) < 4.78 is 23.1. The molecule has 1 rings (SSSR count). The Hall–Kier alpha value is -0.430. The molecule has 0 unspecified atom stereocenters. The Kier molecular flexibility index (Phi) is 5.58. The average molecular weight is 279 g/mol. The predicted molar refractivity (Wildman–Crippen MR) is 74.3 cm³/mol. The second kappa shape index (κ2) is 6.49. The Balaban J connectivity index is 2.42. The molecular weight excluding hydrogens is 258 g/mol. The van der Waals surface area contributed by atoms with Gasteiger partial charge in [0.2, 0.25) is 0 Å². The lowest BCUT2D eigenvalue weighted by molar-refractivity contribution is 0.456. The number of guanidine groups is 1. The first-order chi connectivity index (χ1) is 7.93. The first-order valence-electron chi connectivity index (χ1n) is 5.77.